The van der Waals surface area contributed by atoms with Crippen molar-refractivity contribution in [2.75, 3.05) is 19.3 Å². The summed E-state index contributed by atoms with van der Waals surface area (Å²) in [6, 6.07) is -3.95. The van der Waals surface area contributed by atoms with E-state index in [1.54, 1.807) is 5.32 Å². The maximum atomic E-state index is 14.5. The van der Waals surface area contributed by atoms with E-state index < -0.39 is 68.4 Å². The number of likely N-dealkylation sites (tertiary alicyclic amines) is 1. The van der Waals surface area contributed by atoms with Crippen molar-refractivity contribution >= 4 is 33.5 Å². The molecule has 226 valence electrons. The van der Waals surface area contributed by atoms with Crippen molar-refractivity contribution in [1.29, 1.82) is 0 Å². The highest BCUT2D eigenvalue weighted by molar-refractivity contribution is 7.94. The van der Waals surface area contributed by atoms with E-state index in [4.69, 9.17) is 0 Å². The topological polar surface area (TPSA) is 142 Å². The number of amides is 4. The summed E-state index contributed by atoms with van der Waals surface area (Å²) >= 11 is 0. The molecule has 1 aliphatic carbocycles. The first-order chi connectivity index (χ1) is 18.3. The highest BCUT2D eigenvalue weighted by Gasteiger charge is 2.53. The number of halogens is 4. The number of hydrogen-bond donors (Lipinski definition) is 3. The smallest absolute Gasteiger partial charge is 0.356 e. The average molecular weight is 597 g/mol. The molecule has 0 radical (unpaired) electrons. The standard InChI is InChI=1S/C25H36F4N4O6S/c1-24(2,3)19(32-23(37)25(27,28)29)22(36)33-12-14-6-5-7-16(14)18(33)21(35)31-15(11-17(26)40(4,38)39)10-13-8-9-30-20(13)34/h11,13-16,18-19H,5-10,12H2,1-4H3,(H,30,34)(H,31,35)(H,32,37)/b17-11-/t13-,14-,15+,16-,18-,19+/m0/s1. The predicted molar refractivity (Wildman–Crippen MR) is 135 cm³/mol. The normalized spacial score (nSPS) is 27.1. The summed E-state index contributed by atoms with van der Waals surface area (Å²) in [4.78, 5) is 52.4. The SMILES string of the molecule is CC(C)(C)[C@H](NC(=O)C(F)(F)F)C(=O)N1C[C@@H]2CCC[C@@H]2[C@H]1C(=O)N[C@@H](/C=C(/F)S(C)(=O)=O)C[C@@H]1CCNC1=O. The molecule has 3 fully saturated rings. The molecule has 0 spiro atoms. The summed E-state index contributed by atoms with van der Waals surface area (Å²) in [5, 5.41) is 5.50. The van der Waals surface area contributed by atoms with Gasteiger partial charge in [-0.15, -0.1) is 0 Å². The predicted octanol–water partition coefficient (Wildman–Crippen LogP) is 1.57. The van der Waals surface area contributed by atoms with E-state index in [2.05, 4.69) is 10.6 Å². The Hall–Kier alpha value is -2.71. The minimum Gasteiger partial charge on any atom is -0.356 e. The summed E-state index contributed by atoms with van der Waals surface area (Å²) in [6.45, 7) is 4.91. The molecular weight excluding hydrogens is 560 g/mol. The van der Waals surface area contributed by atoms with Crippen LogP contribution in [0.5, 0.6) is 0 Å². The van der Waals surface area contributed by atoms with Gasteiger partial charge >= 0.3 is 12.1 Å². The molecule has 0 unspecified atom stereocenters. The highest BCUT2D eigenvalue weighted by Crippen LogP contribution is 2.43. The molecule has 4 amide bonds. The van der Waals surface area contributed by atoms with Crippen LogP contribution in [0, 0.1) is 23.2 Å². The van der Waals surface area contributed by atoms with E-state index in [0.29, 0.717) is 38.1 Å². The van der Waals surface area contributed by atoms with Gasteiger partial charge in [0.05, 0.1) is 6.04 Å². The molecule has 3 aliphatic rings. The Bertz CT molecular complexity index is 1170. The maximum absolute atomic E-state index is 14.5. The second kappa shape index (κ2) is 11.6. The van der Waals surface area contributed by atoms with Gasteiger partial charge < -0.3 is 20.9 Å². The van der Waals surface area contributed by atoms with Crippen LogP contribution in [0.2, 0.25) is 0 Å². The third-order valence-corrected chi connectivity index (χ3v) is 8.65. The number of nitrogens with zero attached hydrogens (tertiary/aromatic N) is 1. The highest BCUT2D eigenvalue weighted by atomic mass is 32.2. The van der Waals surface area contributed by atoms with Gasteiger partial charge in [-0.3, -0.25) is 19.2 Å². The Balaban J connectivity index is 1.91. The number of rotatable bonds is 8. The third kappa shape index (κ3) is 7.32. The Morgan fingerprint density at radius 3 is 2.30 bits per heavy atom. The number of nitrogens with one attached hydrogen (secondary N) is 3. The van der Waals surface area contributed by atoms with Crippen LogP contribution in [0.1, 0.15) is 52.9 Å². The van der Waals surface area contributed by atoms with Gasteiger partial charge in [-0.05, 0) is 49.0 Å². The number of alkyl halides is 3. The number of fused-ring (bicyclic) bond motifs is 1. The Morgan fingerprint density at radius 2 is 1.77 bits per heavy atom. The Kier molecular flexibility index (Phi) is 9.26. The molecule has 3 rings (SSSR count). The molecule has 0 aromatic rings. The zero-order valence-electron chi connectivity index (χ0n) is 22.8. The van der Waals surface area contributed by atoms with Crippen molar-refractivity contribution in [3.63, 3.8) is 0 Å². The van der Waals surface area contributed by atoms with E-state index >= 15 is 0 Å². The second-order valence-corrected chi connectivity index (χ2v) is 13.9. The van der Waals surface area contributed by atoms with Gasteiger partial charge in [0, 0.05) is 25.3 Å². The summed E-state index contributed by atoms with van der Waals surface area (Å²) in [5.74, 6) is -5.25. The van der Waals surface area contributed by atoms with Crippen molar-refractivity contribution in [3.05, 3.63) is 11.2 Å². The summed E-state index contributed by atoms with van der Waals surface area (Å²) in [5.41, 5.74) is -1.14. The summed E-state index contributed by atoms with van der Waals surface area (Å²) in [7, 11) is -4.24. The first-order valence-corrected chi connectivity index (χ1v) is 15.0. The van der Waals surface area contributed by atoms with Gasteiger partial charge in [0.1, 0.15) is 12.1 Å². The van der Waals surface area contributed by atoms with Crippen LogP contribution in [0.4, 0.5) is 17.6 Å². The molecule has 0 aromatic heterocycles. The van der Waals surface area contributed by atoms with Crippen molar-refractivity contribution < 1.29 is 45.2 Å². The van der Waals surface area contributed by atoms with Crippen LogP contribution in [0.3, 0.4) is 0 Å². The van der Waals surface area contributed by atoms with Crippen LogP contribution < -0.4 is 16.0 Å². The molecule has 1 saturated carbocycles. The van der Waals surface area contributed by atoms with Crippen LogP contribution in [0.15, 0.2) is 11.2 Å². The lowest BCUT2D eigenvalue weighted by molar-refractivity contribution is -0.176. The Labute approximate surface area is 230 Å². The van der Waals surface area contributed by atoms with Crippen molar-refractivity contribution in [2.24, 2.45) is 23.2 Å². The van der Waals surface area contributed by atoms with E-state index in [0.717, 1.165) is 6.42 Å². The van der Waals surface area contributed by atoms with Crippen LogP contribution in [-0.4, -0.2) is 80.6 Å². The van der Waals surface area contributed by atoms with Gasteiger partial charge in [-0.1, -0.05) is 27.2 Å². The largest absolute Gasteiger partial charge is 0.471 e. The molecule has 2 heterocycles. The number of hydrogen-bond acceptors (Lipinski definition) is 6. The molecule has 3 N–H and O–H groups in total. The molecular formula is C25H36F4N4O6S. The van der Waals surface area contributed by atoms with Crippen molar-refractivity contribution in [2.45, 2.75) is 77.2 Å². The van der Waals surface area contributed by atoms with Gasteiger partial charge in [0.2, 0.25) is 32.7 Å². The van der Waals surface area contributed by atoms with Crippen LogP contribution in [0.25, 0.3) is 0 Å². The fraction of sp³-hybridized carbons (Fsp3) is 0.760. The zero-order valence-corrected chi connectivity index (χ0v) is 23.6. The van der Waals surface area contributed by atoms with Gasteiger partial charge in [-0.2, -0.15) is 17.6 Å². The van der Waals surface area contributed by atoms with Gasteiger partial charge in [-0.25, -0.2) is 8.42 Å². The fourth-order valence-electron chi connectivity index (χ4n) is 5.79. The molecule has 40 heavy (non-hydrogen) atoms. The Morgan fingerprint density at radius 1 is 1.12 bits per heavy atom. The van der Waals surface area contributed by atoms with Crippen molar-refractivity contribution in [3.8, 4) is 0 Å². The lowest BCUT2D eigenvalue weighted by Gasteiger charge is -2.36. The first-order valence-electron chi connectivity index (χ1n) is 13.1. The zero-order chi connectivity index (χ0) is 30.2. The average Bonchev–Trinajstić information content (AvgIpc) is 3.50. The van der Waals surface area contributed by atoms with Gasteiger partial charge in [0.15, 0.2) is 0 Å². The van der Waals surface area contributed by atoms with E-state index in [9.17, 15) is 45.2 Å². The maximum Gasteiger partial charge on any atom is 0.471 e. The molecule has 2 aliphatic heterocycles. The number of sulfone groups is 1. The van der Waals surface area contributed by atoms with E-state index in [1.807, 2.05) is 0 Å². The lowest BCUT2D eigenvalue weighted by Crippen LogP contribution is -2.60. The molecule has 2 saturated heterocycles. The van der Waals surface area contributed by atoms with E-state index in [1.165, 1.54) is 25.7 Å². The molecule has 10 nitrogen and oxygen atoms in total. The molecule has 0 bridgehead atoms. The van der Waals surface area contributed by atoms with E-state index in [-0.39, 0.29) is 30.7 Å². The van der Waals surface area contributed by atoms with Crippen LogP contribution >= 0.6 is 0 Å². The minimum atomic E-state index is -5.22. The first kappa shape index (κ1) is 31.8. The monoisotopic (exact) mass is 596 g/mol. The molecule has 15 heteroatoms. The quantitative estimate of drug-likeness (QED) is 0.364. The lowest BCUT2D eigenvalue weighted by atomic mass is 9.85. The fourth-order valence-corrected chi connectivity index (χ4v) is 6.20. The molecule has 0 aromatic carbocycles. The minimum absolute atomic E-state index is 0.0826. The second-order valence-electron chi connectivity index (χ2n) is 11.9. The third-order valence-electron chi connectivity index (χ3n) is 7.80. The van der Waals surface area contributed by atoms with Gasteiger partial charge in [0.25, 0.3) is 0 Å². The summed E-state index contributed by atoms with van der Waals surface area (Å²) in [6.07, 6.45) is -1.55. The summed E-state index contributed by atoms with van der Waals surface area (Å²) < 4.78 is 77.1. The number of carbonyl (C=O) groups excluding carboxylic acids is 4. The van der Waals surface area contributed by atoms with Crippen molar-refractivity contribution in [1.82, 2.24) is 20.9 Å². The number of carbonyl (C=O) groups is 4. The van der Waals surface area contributed by atoms with Crippen LogP contribution in [-0.2, 0) is 29.0 Å². The molecule has 6 atom stereocenters.